The van der Waals surface area contributed by atoms with E-state index < -0.39 is 0 Å². The van der Waals surface area contributed by atoms with E-state index in [4.69, 9.17) is 14.2 Å². The second-order valence-corrected chi connectivity index (χ2v) is 9.17. The van der Waals surface area contributed by atoms with E-state index in [0.29, 0.717) is 18.3 Å². The van der Waals surface area contributed by atoms with Gasteiger partial charge in [-0.15, -0.1) is 0 Å². The molecule has 3 saturated carbocycles. The Morgan fingerprint density at radius 1 is 0.667 bits per heavy atom. The lowest BCUT2D eigenvalue weighted by Crippen LogP contribution is -2.53. The molecule has 24 heavy (non-hydrogen) atoms. The molecule has 0 aromatic heterocycles. The second-order valence-electron chi connectivity index (χ2n) is 9.17. The molecular formula is C21H34O3. The molecular weight excluding hydrogens is 300 g/mol. The van der Waals surface area contributed by atoms with E-state index in [-0.39, 0.29) is 0 Å². The summed E-state index contributed by atoms with van der Waals surface area (Å²) in [7, 11) is 0. The number of fused-ring (bicyclic) bond motifs is 2. The van der Waals surface area contributed by atoms with Crippen LogP contribution in [-0.2, 0) is 14.2 Å². The molecule has 0 N–H and O–H groups in total. The number of hydrogen-bond acceptors (Lipinski definition) is 3. The van der Waals surface area contributed by atoms with Crippen molar-refractivity contribution in [3.63, 3.8) is 0 Å². The number of epoxide rings is 2. The van der Waals surface area contributed by atoms with Crippen LogP contribution in [0.5, 0.6) is 0 Å². The van der Waals surface area contributed by atoms with Crippen molar-refractivity contribution in [3.05, 3.63) is 0 Å². The molecule has 6 unspecified atom stereocenters. The Kier molecular flexibility index (Phi) is 4.62. The smallest absolute Gasteiger partial charge is 0.104 e. The largest absolute Gasteiger partial charge is 0.375 e. The van der Waals surface area contributed by atoms with Gasteiger partial charge in [0.2, 0.25) is 0 Å². The van der Waals surface area contributed by atoms with Gasteiger partial charge in [-0.05, 0) is 68.1 Å². The van der Waals surface area contributed by atoms with Crippen LogP contribution < -0.4 is 0 Å². The summed E-state index contributed by atoms with van der Waals surface area (Å²) >= 11 is 0. The fourth-order valence-corrected chi connectivity index (χ4v) is 6.56. The first-order valence-corrected chi connectivity index (χ1v) is 10.7. The fourth-order valence-electron chi connectivity index (χ4n) is 6.56. The Morgan fingerprint density at radius 3 is 1.75 bits per heavy atom. The Bertz CT molecular complexity index is 367. The molecule has 2 saturated heterocycles. The maximum Gasteiger partial charge on any atom is 0.104 e. The summed E-state index contributed by atoms with van der Waals surface area (Å²) < 4.78 is 17.5. The molecule has 0 spiro atoms. The van der Waals surface area contributed by atoms with Gasteiger partial charge in [0.25, 0.3) is 0 Å². The van der Waals surface area contributed by atoms with E-state index in [1.165, 1.54) is 64.2 Å². The third kappa shape index (κ3) is 3.29. The van der Waals surface area contributed by atoms with Crippen molar-refractivity contribution >= 4 is 0 Å². The minimum absolute atomic E-state index is 0.416. The van der Waals surface area contributed by atoms with Crippen molar-refractivity contribution in [3.8, 4) is 0 Å². The maximum atomic E-state index is 6.58. The molecule has 0 bridgehead atoms. The lowest BCUT2D eigenvalue weighted by molar-refractivity contribution is -0.143. The van der Waals surface area contributed by atoms with E-state index in [1.54, 1.807) is 0 Å². The van der Waals surface area contributed by atoms with Crippen molar-refractivity contribution in [1.82, 2.24) is 0 Å². The average molecular weight is 335 g/mol. The van der Waals surface area contributed by atoms with Gasteiger partial charge in [0.05, 0.1) is 32.0 Å². The third-order valence-electron chi connectivity index (χ3n) is 7.79. The van der Waals surface area contributed by atoms with Crippen molar-refractivity contribution in [1.29, 1.82) is 0 Å². The van der Waals surface area contributed by atoms with Gasteiger partial charge in [0, 0.05) is 0 Å². The first kappa shape index (κ1) is 16.1. The van der Waals surface area contributed by atoms with Gasteiger partial charge < -0.3 is 14.2 Å². The first-order chi connectivity index (χ1) is 11.9. The van der Waals surface area contributed by atoms with Gasteiger partial charge in [-0.25, -0.2) is 0 Å². The van der Waals surface area contributed by atoms with Gasteiger partial charge in [0.1, 0.15) is 6.10 Å². The highest BCUT2D eigenvalue weighted by atomic mass is 16.6. The lowest BCUT2D eigenvalue weighted by atomic mass is 9.52. The monoisotopic (exact) mass is 334 g/mol. The molecule has 5 fully saturated rings. The summed E-state index contributed by atoms with van der Waals surface area (Å²) in [6.45, 7) is 2.82. The van der Waals surface area contributed by atoms with Crippen LogP contribution in [0.2, 0.25) is 0 Å². The fraction of sp³-hybridized carbons (Fsp3) is 1.00. The number of hydrogen-bond donors (Lipinski definition) is 0. The second kappa shape index (κ2) is 6.89. The van der Waals surface area contributed by atoms with Gasteiger partial charge >= 0.3 is 0 Å². The molecule has 0 aromatic carbocycles. The lowest BCUT2D eigenvalue weighted by Gasteiger charge is -2.55. The molecule has 2 heterocycles. The zero-order valence-electron chi connectivity index (χ0n) is 15.0. The van der Waals surface area contributed by atoms with Crippen LogP contribution >= 0.6 is 0 Å². The van der Waals surface area contributed by atoms with Gasteiger partial charge in [-0.2, -0.15) is 0 Å². The molecule has 5 aliphatic rings. The van der Waals surface area contributed by atoms with Crippen LogP contribution in [0.15, 0.2) is 0 Å². The van der Waals surface area contributed by atoms with E-state index in [0.717, 1.165) is 49.4 Å². The summed E-state index contributed by atoms with van der Waals surface area (Å²) in [5, 5.41) is 0. The van der Waals surface area contributed by atoms with Crippen LogP contribution in [-0.4, -0.2) is 38.1 Å². The quantitative estimate of drug-likeness (QED) is 0.683. The van der Waals surface area contributed by atoms with Crippen molar-refractivity contribution < 1.29 is 14.2 Å². The Balaban J connectivity index is 1.35. The summed E-state index contributed by atoms with van der Waals surface area (Å²) in [5.74, 6) is 4.50. The van der Waals surface area contributed by atoms with Crippen LogP contribution in [0.1, 0.15) is 64.2 Å². The van der Waals surface area contributed by atoms with Crippen molar-refractivity contribution in [2.75, 3.05) is 19.8 Å². The highest BCUT2D eigenvalue weighted by Crippen LogP contribution is 2.55. The van der Waals surface area contributed by atoms with Gasteiger partial charge in [-0.3, -0.25) is 0 Å². The van der Waals surface area contributed by atoms with Crippen LogP contribution in [0.25, 0.3) is 0 Å². The minimum Gasteiger partial charge on any atom is -0.375 e. The highest BCUT2D eigenvalue weighted by Gasteiger charge is 2.51. The summed E-state index contributed by atoms with van der Waals surface area (Å²) in [5.41, 5.74) is 0. The third-order valence-corrected chi connectivity index (χ3v) is 7.79. The number of rotatable bonds is 6. The minimum atomic E-state index is 0.416. The maximum absolute atomic E-state index is 6.58. The summed E-state index contributed by atoms with van der Waals surface area (Å²) in [6, 6.07) is 0. The van der Waals surface area contributed by atoms with Crippen LogP contribution in [0.4, 0.5) is 0 Å². The van der Waals surface area contributed by atoms with Gasteiger partial charge in [0.15, 0.2) is 0 Å². The van der Waals surface area contributed by atoms with E-state index in [1.807, 2.05) is 0 Å². The molecule has 136 valence electrons. The number of ether oxygens (including phenoxy) is 3. The van der Waals surface area contributed by atoms with Crippen LogP contribution in [0, 0.1) is 29.6 Å². The SMILES string of the molecule is C1CCC2C(C1)C(CCC1CO1)C1CCCCC1C2OCC1CO1. The van der Waals surface area contributed by atoms with Crippen molar-refractivity contribution in [2.24, 2.45) is 29.6 Å². The average Bonchev–Trinajstić information content (AvgIpc) is 3.53. The molecule has 0 radical (unpaired) electrons. The summed E-state index contributed by atoms with van der Waals surface area (Å²) in [4.78, 5) is 0. The van der Waals surface area contributed by atoms with E-state index in [2.05, 4.69) is 0 Å². The summed E-state index contributed by atoms with van der Waals surface area (Å²) in [6.07, 6.45) is 15.8. The Morgan fingerprint density at radius 2 is 1.21 bits per heavy atom. The molecule has 3 nitrogen and oxygen atoms in total. The predicted octanol–water partition coefficient (Wildman–Crippen LogP) is 4.19. The molecule has 3 heteroatoms. The molecule has 2 aliphatic heterocycles. The molecule has 3 aliphatic carbocycles. The Hall–Kier alpha value is -0.120. The zero-order valence-corrected chi connectivity index (χ0v) is 15.0. The van der Waals surface area contributed by atoms with E-state index >= 15 is 0 Å². The van der Waals surface area contributed by atoms with E-state index in [9.17, 15) is 0 Å². The van der Waals surface area contributed by atoms with Gasteiger partial charge in [-0.1, -0.05) is 25.7 Å². The molecule has 6 atom stereocenters. The van der Waals surface area contributed by atoms with Crippen LogP contribution in [0.3, 0.4) is 0 Å². The first-order valence-electron chi connectivity index (χ1n) is 10.7. The topological polar surface area (TPSA) is 34.3 Å². The highest BCUT2D eigenvalue weighted by molar-refractivity contribution is 5.00. The molecule has 0 aromatic rings. The molecule has 5 rings (SSSR count). The normalized spacial score (nSPS) is 50.0. The standard InChI is InChI=1S/C21H34O3/c1-3-7-19-16(5-1)18(10-9-14-11-22-14)17-6-2-4-8-20(17)21(19)24-13-15-12-23-15/h14-21H,1-13H2. The zero-order chi connectivity index (χ0) is 15.9. The Labute approximate surface area is 146 Å². The molecule has 0 amide bonds. The van der Waals surface area contributed by atoms with Crippen molar-refractivity contribution in [2.45, 2.75) is 82.5 Å². The predicted molar refractivity (Wildman–Crippen MR) is 92.8 cm³/mol.